The minimum atomic E-state index is 0.830. The third-order valence-electron chi connectivity index (χ3n) is 2.59. The molecule has 1 aromatic rings. The Kier molecular flexibility index (Phi) is 4.03. The Morgan fingerprint density at radius 2 is 1.93 bits per heavy atom. The number of unbranched alkanes of at least 4 members (excludes halogenated alkanes) is 1. The summed E-state index contributed by atoms with van der Waals surface area (Å²) in [5.74, 6) is 0.979. The monoisotopic (exact) mass is 205 g/mol. The highest BCUT2D eigenvalue weighted by atomic mass is 16.5. The van der Waals surface area contributed by atoms with Crippen LogP contribution < -0.4 is 10.1 Å². The second kappa shape index (κ2) is 5.76. The van der Waals surface area contributed by atoms with Gasteiger partial charge >= 0.3 is 0 Å². The van der Waals surface area contributed by atoms with Gasteiger partial charge in [-0.25, -0.2) is 0 Å². The van der Waals surface area contributed by atoms with Crippen molar-refractivity contribution in [2.24, 2.45) is 0 Å². The van der Waals surface area contributed by atoms with Crippen molar-refractivity contribution in [2.45, 2.75) is 31.7 Å². The predicted octanol–water partition coefficient (Wildman–Crippen LogP) is 2.60. The summed E-state index contributed by atoms with van der Waals surface area (Å²) in [6, 6.07) is 10.9. The Hall–Kier alpha value is -1.02. The van der Waals surface area contributed by atoms with Crippen LogP contribution in [0.1, 0.15) is 25.7 Å². The summed E-state index contributed by atoms with van der Waals surface area (Å²) in [6.45, 7) is 1.97. The van der Waals surface area contributed by atoms with Gasteiger partial charge in [0.2, 0.25) is 0 Å². The molecule has 0 heterocycles. The Balaban J connectivity index is 1.47. The lowest BCUT2D eigenvalue weighted by atomic mass is 10.3. The van der Waals surface area contributed by atoms with E-state index in [0.717, 1.165) is 31.4 Å². The molecule has 0 bridgehead atoms. The summed E-state index contributed by atoms with van der Waals surface area (Å²) in [5, 5.41) is 3.50. The highest BCUT2D eigenvalue weighted by Gasteiger charge is 2.19. The average Bonchev–Trinajstić information content (AvgIpc) is 3.09. The first kappa shape index (κ1) is 10.5. The summed E-state index contributed by atoms with van der Waals surface area (Å²) in [5.41, 5.74) is 0. The summed E-state index contributed by atoms with van der Waals surface area (Å²) in [6.07, 6.45) is 5.10. The molecule has 1 saturated carbocycles. The van der Waals surface area contributed by atoms with Crippen LogP contribution in [0.5, 0.6) is 5.75 Å². The molecule has 82 valence electrons. The molecule has 0 spiro atoms. The lowest BCUT2D eigenvalue weighted by molar-refractivity contribution is 0.305. The molecule has 1 aliphatic rings. The van der Waals surface area contributed by atoms with E-state index in [1.165, 1.54) is 19.3 Å². The van der Waals surface area contributed by atoms with Crippen molar-refractivity contribution in [3.63, 3.8) is 0 Å². The molecule has 0 unspecified atom stereocenters. The molecule has 1 fully saturated rings. The SMILES string of the molecule is c1ccc(OCCCCNC2CC2)cc1. The number of benzene rings is 1. The molecule has 1 aliphatic carbocycles. The maximum Gasteiger partial charge on any atom is 0.119 e. The lowest BCUT2D eigenvalue weighted by Crippen LogP contribution is -2.17. The molecule has 2 nitrogen and oxygen atoms in total. The highest BCUT2D eigenvalue weighted by Crippen LogP contribution is 2.18. The first-order valence-corrected chi connectivity index (χ1v) is 5.86. The van der Waals surface area contributed by atoms with Gasteiger partial charge in [-0.15, -0.1) is 0 Å². The van der Waals surface area contributed by atoms with Gasteiger partial charge in [-0.2, -0.15) is 0 Å². The predicted molar refractivity (Wildman–Crippen MR) is 62.2 cm³/mol. The fraction of sp³-hybridized carbons (Fsp3) is 0.538. The van der Waals surface area contributed by atoms with Gasteiger partial charge in [0, 0.05) is 6.04 Å². The minimum absolute atomic E-state index is 0.830. The summed E-state index contributed by atoms with van der Waals surface area (Å²) >= 11 is 0. The molecule has 0 amide bonds. The second-order valence-corrected chi connectivity index (χ2v) is 4.10. The third-order valence-corrected chi connectivity index (χ3v) is 2.59. The first-order chi connectivity index (χ1) is 7.45. The smallest absolute Gasteiger partial charge is 0.119 e. The fourth-order valence-electron chi connectivity index (χ4n) is 1.53. The van der Waals surface area contributed by atoms with Crippen molar-refractivity contribution in [1.29, 1.82) is 0 Å². The van der Waals surface area contributed by atoms with E-state index in [9.17, 15) is 0 Å². The van der Waals surface area contributed by atoms with E-state index in [1.54, 1.807) is 0 Å². The molecule has 0 aliphatic heterocycles. The van der Waals surface area contributed by atoms with E-state index in [-0.39, 0.29) is 0 Å². The normalized spacial score (nSPS) is 15.2. The van der Waals surface area contributed by atoms with Crippen LogP contribution in [-0.4, -0.2) is 19.2 Å². The molecule has 0 saturated heterocycles. The molecule has 1 aromatic carbocycles. The zero-order valence-corrected chi connectivity index (χ0v) is 9.11. The zero-order valence-electron chi connectivity index (χ0n) is 9.11. The zero-order chi connectivity index (χ0) is 10.3. The summed E-state index contributed by atoms with van der Waals surface area (Å²) in [7, 11) is 0. The van der Waals surface area contributed by atoms with Crippen LogP contribution in [0.25, 0.3) is 0 Å². The van der Waals surface area contributed by atoms with Gasteiger partial charge in [0.15, 0.2) is 0 Å². The molecule has 15 heavy (non-hydrogen) atoms. The van der Waals surface area contributed by atoms with Crippen molar-refractivity contribution < 1.29 is 4.74 Å². The van der Waals surface area contributed by atoms with Gasteiger partial charge in [-0.3, -0.25) is 0 Å². The molecule has 0 radical (unpaired) electrons. The van der Waals surface area contributed by atoms with E-state index in [0.29, 0.717) is 0 Å². The number of rotatable bonds is 7. The third kappa shape index (κ3) is 4.34. The van der Waals surface area contributed by atoms with E-state index < -0.39 is 0 Å². The molecule has 0 aromatic heterocycles. The Morgan fingerprint density at radius 3 is 2.67 bits per heavy atom. The van der Waals surface area contributed by atoms with Crippen LogP contribution in [0, 0.1) is 0 Å². The van der Waals surface area contributed by atoms with Crippen LogP contribution in [0.15, 0.2) is 30.3 Å². The van der Waals surface area contributed by atoms with Crippen molar-refractivity contribution in [1.82, 2.24) is 5.32 Å². The van der Waals surface area contributed by atoms with E-state index in [2.05, 4.69) is 5.32 Å². The Bertz CT molecular complexity index is 269. The van der Waals surface area contributed by atoms with Crippen molar-refractivity contribution in [2.75, 3.05) is 13.2 Å². The van der Waals surface area contributed by atoms with Gasteiger partial charge in [0.25, 0.3) is 0 Å². The quantitative estimate of drug-likeness (QED) is 0.691. The topological polar surface area (TPSA) is 21.3 Å². The van der Waals surface area contributed by atoms with Crippen LogP contribution in [0.4, 0.5) is 0 Å². The minimum Gasteiger partial charge on any atom is -0.494 e. The molecule has 2 rings (SSSR count). The molecule has 1 N–H and O–H groups in total. The van der Waals surface area contributed by atoms with Crippen LogP contribution >= 0.6 is 0 Å². The largest absolute Gasteiger partial charge is 0.494 e. The van der Waals surface area contributed by atoms with Crippen LogP contribution in [0.3, 0.4) is 0 Å². The van der Waals surface area contributed by atoms with Crippen molar-refractivity contribution >= 4 is 0 Å². The number of nitrogens with one attached hydrogen (secondary N) is 1. The molecule has 2 heteroatoms. The van der Waals surface area contributed by atoms with Crippen LogP contribution in [-0.2, 0) is 0 Å². The molecular formula is C13H19NO. The van der Waals surface area contributed by atoms with E-state index in [1.807, 2.05) is 30.3 Å². The number of hydrogen-bond donors (Lipinski definition) is 1. The van der Waals surface area contributed by atoms with Crippen LogP contribution in [0.2, 0.25) is 0 Å². The first-order valence-electron chi connectivity index (χ1n) is 5.86. The Morgan fingerprint density at radius 1 is 1.13 bits per heavy atom. The van der Waals surface area contributed by atoms with E-state index in [4.69, 9.17) is 4.74 Å². The summed E-state index contributed by atoms with van der Waals surface area (Å²) in [4.78, 5) is 0. The van der Waals surface area contributed by atoms with E-state index >= 15 is 0 Å². The lowest BCUT2D eigenvalue weighted by Gasteiger charge is -2.06. The van der Waals surface area contributed by atoms with Gasteiger partial charge in [-0.1, -0.05) is 18.2 Å². The molecular weight excluding hydrogens is 186 g/mol. The number of ether oxygens (including phenoxy) is 1. The fourth-order valence-corrected chi connectivity index (χ4v) is 1.53. The van der Waals surface area contributed by atoms with Gasteiger partial charge in [0.05, 0.1) is 6.61 Å². The van der Waals surface area contributed by atoms with Gasteiger partial charge in [0.1, 0.15) is 5.75 Å². The average molecular weight is 205 g/mol. The second-order valence-electron chi connectivity index (χ2n) is 4.10. The van der Waals surface area contributed by atoms with Crippen molar-refractivity contribution in [3.8, 4) is 5.75 Å². The maximum absolute atomic E-state index is 5.60. The Labute approximate surface area is 91.6 Å². The number of hydrogen-bond acceptors (Lipinski definition) is 2. The summed E-state index contributed by atoms with van der Waals surface area (Å²) < 4.78 is 5.60. The number of para-hydroxylation sites is 1. The van der Waals surface area contributed by atoms with Gasteiger partial charge in [-0.05, 0) is 44.4 Å². The van der Waals surface area contributed by atoms with Crippen molar-refractivity contribution in [3.05, 3.63) is 30.3 Å². The standard InChI is InChI=1S/C13H19NO/c1-2-6-13(7-3-1)15-11-5-4-10-14-12-8-9-12/h1-3,6-7,12,14H,4-5,8-11H2. The molecule has 0 atom stereocenters. The van der Waals surface area contributed by atoms with Gasteiger partial charge < -0.3 is 10.1 Å². The maximum atomic E-state index is 5.60. The highest BCUT2D eigenvalue weighted by molar-refractivity contribution is 5.20.